The van der Waals surface area contributed by atoms with Crippen LogP contribution in [0.1, 0.15) is 26.3 Å². The van der Waals surface area contributed by atoms with Gasteiger partial charge in [-0.3, -0.25) is 4.98 Å². The third-order valence-corrected chi connectivity index (χ3v) is 4.38. The van der Waals surface area contributed by atoms with Crippen LogP contribution in [0.5, 0.6) is 0 Å². The van der Waals surface area contributed by atoms with E-state index in [0.717, 1.165) is 0 Å². The van der Waals surface area contributed by atoms with Crippen molar-refractivity contribution < 1.29 is 8.42 Å². The van der Waals surface area contributed by atoms with Crippen LogP contribution < -0.4 is 10.0 Å². The van der Waals surface area contributed by atoms with E-state index in [1.807, 2.05) is 0 Å². The topological polar surface area (TPSA) is 83.5 Å². The van der Waals surface area contributed by atoms with Crippen molar-refractivity contribution in [2.24, 2.45) is 4.99 Å². The summed E-state index contributed by atoms with van der Waals surface area (Å²) in [6.07, 6.45) is 7.87. The van der Waals surface area contributed by atoms with Crippen LogP contribution in [0.25, 0.3) is 0 Å². The predicted octanol–water partition coefficient (Wildman–Crippen LogP) is 2.38. The van der Waals surface area contributed by atoms with Crippen molar-refractivity contribution >= 4 is 15.9 Å². The van der Waals surface area contributed by atoms with Crippen molar-refractivity contribution in [3.63, 3.8) is 0 Å². The van der Waals surface area contributed by atoms with E-state index in [2.05, 4.69) is 33.2 Å². The van der Waals surface area contributed by atoms with Crippen molar-refractivity contribution in [3.8, 4) is 0 Å². The Hall–Kier alpha value is -2.25. The molecule has 130 valence electrons. The Kier molecular flexibility index (Phi) is 6.62. The van der Waals surface area contributed by atoms with Crippen molar-refractivity contribution in [1.82, 2.24) is 15.0 Å². The zero-order valence-corrected chi connectivity index (χ0v) is 15.3. The smallest absolute Gasteiger partial charge is 0.242 e. The van der Waals surface area contributed by atoms with Crippen molar-refractivity contribution in [1.29, 1.82) is 0 Å². The lowest BCUT2D eigenvalue weighted by Crippen LogP contribution is -2.40. The SMILES string of the molecule is C=C/C=C\C(=C)/N=C(\NC)c1cncc(S(=O)(=O)NC(C)(C)C)c1. The van der Waals surface area contributed by atoms with Gasteiger partial charge >= 0.3 is 0 Å². The number of hydrogen-bond donors (Lipinski definition) is 2. The summed E-state index contributed by atoms with van der Waals surface area (Å²) < 4.78 is 27.4. The van der Waals surface area contributed by atoms with E-state index in [9.17, 15) is 8.42 Å². The van der Waals surface area contributed by atoms with E-state index < -0.39 is 15.6 Å². The van der Waals surface area contributed by atoms with Crippen LogP contribution in [-0.2, 0) is 10.0 Å². The summed E-state index contributed by atoms with van der Waals surface area (Å²) in [6.45, 7) is 12.7. The lowest BCUT2D eigenvalue weighted by Gasteiger charge is -2.20. The lowest BCUT2D eigenvalue weighted by molar-refractivity contribution is 0.491. The Balaban J connectivity index is 3.23. The minimum absolute atomic E-state index is 0.0742. The van der Waals surface area contributed by atoms with Crippen LogP contribution in [0, 0.1) is 0 Å². The number of allylic oxidation sites excluding steroid dienone is 3. The highest BCUT2D eigenvalue weighted by atomic mass is 32.2. The molecular weight excluding hydrogens is 324 g/mol. The molecule has 0 unspecified atom stereocenters. The molecule has 0 spiro atoms. The molecule has 0 radical (unpaired) electrons. The number of pyridine rings is 1. The molecule has 0 amide bonds. The fourth-order valence-corrected chi connectivity index (χ4v) is 3.19. The summed E-state index contributed by atoms with van der Waals surface area (Å²) in [4.78, 5) is 8.41. The van der Waals surface area contributed by atoms with E-state index >= 15 is 0 Å². The first-order valence-electron chi connectivity index (χ1n) is 7.33. The monoisotopic (exact) mass is 348 g/mol. The average Bonchev–Trinajstić information content (AvgIpc) is 2.48. The van der Waals surface area contributed by atoms with Crippen molar-refractivity contribution in [3.05, 3.63) is 61.1 Å². The fourth-order valence-electron chi connectivity index (χ4n) is 1.78. The van der Waals surface area contributed by atoms with Crippen molar-refractivity contribution in [2.45, 2.75) is 31.2 Å². The van der Waals surface area contributed by atoms with E-state index in [4.69, 9.17) is 0 Å². The number of aliphatic imine (C=N–C) groups is 1. The van der Waals surface area contributed by atoms with Gasteiger partial charge in [-0.15, -0.1) is 0 Å². The Morgan fingerprint density at radius 1 is 1.33 bits per heavy atom. The molecule has 6 nitrogen and oxygen atoms in total. The maximum atomic E-state index is 12.4. The van der Waals surface area contributed by atoms with Gasteiger partial charge in [-0.05, 0) is 32.9 Å². The second-order valence-corrected chi connectivity index (χ2v) is 7.74. The third kappa shape index (κ3) is 6.10. The minimum Gasteiger partial charge on any atom is -0.373 e. The fraction of sp³-hybridized carbons (Fsp3) is 0.294. The zero-order valence-electron chi connectivity index (χ0n) is 14.5. The first-order valence-corrected chi connectivity index (χ1v) is 8.81. The number of hydrogen-bond acceptors (Lipinski definition) is 4. The average molecular weight is 348 g/mol. The quantitative estimate of drug-likeness (QED) is 0.470. The van der Waals surface area contributed by atoms with E-state index in [1.54, 1.807) is 46.0 Å². The molecule has 0 aliphatic carbocycles. The number of sulfonamides is 1. The van der Waals surface area contributed by atoms with E-state index in [1.165, 1.54) is 18.5 Å². The summed E-state index contributed by atoms with van der Waals surface area (Å²) in [7, 11) is -1.98. The molecule has 24 heavy (non-hydrogen) atoms. The van der Waals surface area contributed by atoms with E-state index in [0.29, 0.717) is 17.1 Å². The molecule has 1 aromatic rings. The van der Waals surface area contributed by atoms with Crippen LogP contribution in [0.15, 0.2) is 65.4 Å². The maximum absolute atomic E-state index is 12.4. The van der Waals surface area contributed by atoms with Gasteiger partial charge in [-0.2, -0.15) is 0 Å². The highest BCUT2D eigenvalue weighted by Crippen LogP contribution is 2.14. The summed E-state index contributed by atoms with van der Waals surface area (Å²) in [6, 6.07) is 1.51. The van der Waals surface area contributed by atoms with Crippen LogP contribution in [0.2, 0.25) is 0 Å². The third-order valence-electron chi connectivity index (χ3n) is 2.65. The Morgan fingerprint density at radius 2 is 2.00 bits per heavy atom. The molecule has 7 heteroatoms. The molecule has 0 aliphatic rings. The Labute approximate surface area is 144 Å². The number of rotatable bonds is 6. The lowest BCUT2D eigenvalue weighted by atomic mass is 10.1. The normalized spacial score (nSPS) is 13.1. The molecule has 0 atom stereocenters. The van der Waals surface area contributed by atoms with Crippen LogP contribution in [-0.4, -0.2) is 31.8 Å². The van der Waals surface area contributed by atoms with Gasteiger partial charge in [0.05, 0.1) is 5.70 Å². The minimum atomic E-state index is -3.67. The summed E-state index contributed by atoms with van der Waals surface area (Å²) in [5, 5.41) is 2.93. The molecule has 0 aliphatic heterocycles. The standard InChI is InChI=1S/C17H24N4O2S/c1-7-8-9-13(2)20-16(18-6)14-10-15(12-19-11-14)24(22,23)21-17(3,4)5/h7-12,21H,1-2H2,3-6H3,(H,18,20)/b9-8-. The van der Waals surface area contributed by atoms with Gasteiger partial charge < -0.3 is 5.32 Å². The van der Waals surface area contributed by atoms with Gasteiger partial charge in [0.1, 0.15) is 10.7 Å². The molecule has 1 rings (SSSR count). The second kappa shape index (κ2) is 8.03. The first-order chi connectivity index (χ1) is 11.1. The van der Waals surface area contributed by atoms with Gasteiger partial charge in [-0.25, -0.2) is 18.1 Å². The van der Waals surface area contributed by atoms with Crippen LogP contribution in [0.3, 0.4) is 0 Å². The first kappa shape index (κ1) is 19.8. The van der Waals surface area contributed by atoms with Gasteiger partial charge in [0.2, 0.25) is 10.0 Å². The Bertz CT molecular complexity index is 772. The molecule has 0 bridgehead atoms. The number of amidine groups is 1. The molecule has 2 N–H and O–H groups in total. The van der Waals surface area contributed by atoms with Gasteiger partial charge in [0, 0.05) is 30.5 Å². The molecule has 1 aromatic heterocycles. The molecule has 0 saturated heterocycles. The molecule has 0 fully saturated rings. The Morgan fingerprint density at radius 3 is 2.54 bits per heavy atom. The van der Waals surface area contributed by atoms with E-state index in [-0.39, 0.29) is 4.90 Å². The largest absolute Gasteiger partial charge is 0.373 e. The predicted molar refractivity (Wildman–Crippen MR) is 98.4 cm³/mol. The highest BCUT2D eigenvalue weighted by Gasteiger charge is 2.22. The molecule has 0 saturated carbocycles. The number of nitrogens with zero attached hydrogens (tertiary/aromatic N) is 2. The van der Waals surface area contributed by atoms with Crippen molar-refractivity contribution in [2.75, 3.05) is 7.05 Å². The number of nitrogens with one attached hydrogen (secondary N) is 2. The number of aromatic nitrogens is 1. The maximum Gasteiger partial charge on any atom is 0.242 e. The summed E-state index contributed by atoms with van der Waals surface area (Å²) >= 11 is 0. The molecule has 0 aromatic carbocycles. The van der Waals surface area contributed by atoms with Gasteiger partial charge in [0.25, 0.3) is 0 Å². The zero-order chi connectivity index (χ0) is 18.4. The van der Waals surface area contributed by atoms with Gasteiger partial charge in [0.15, 0.2) is 0 Å². The van der Waals surface area contributed by atoms with Gasteiger partial charge in [-0.1, -0.05) is 25.3 Å². The highest BCUT2D eigenvalue weighted by molar-refractivity contribution is 7.89. The summed E-state index contributed by atoms with van der Waals surface area (Å²) in [5.41, 5.74) is 0.459. The molecular formula is C17H24N4O2S. The second-order valence-electron chi connectivity index (χ2n) is 6.06. The van der Waals surface area contributed by atoms with Crippen LogP contribution in [0.4, 0.5) is 0 Å². The molecule has 1 heterocycles. The summed E-state index contributed by atoms with van der Waals surface area (Å²) in [5.74, 6) is 0.467. The van der Waals surface area contributed by atoms with Crippen LogP contribution >= 0.6 is 0 Å².